The van der Waals surface area contributed by atoms with Crippen LogP contribution in [0.25, 0.3) is 0 Å². The molecule has 0 amide bonds. The van der Waals surface area contributed by atoms with Crippen molar-refractivity contribution in [2.45, 2.75) is 0 Å². The Morgan fingerprint density at radius 3 is 2.61 bits per heavy atom. The molecule has 0 atom stereocenters. The van der Waals surface area contributed by atoms with Gasteiger partial charge in [-0.05, 0) is 12.1 Å². The molecule has 0 saturated carbocycles. The van der Waals surface area contributed by atoms with Crippen LogP contribution in [-0.4, -0.2) is 34.0 Å². The summed E-state index contributed by atoms with van der Waals surface area (Å²) in [5.41, 5.74) is 0. The summed E-state index contributed by atoms with van der Waals surface area (Å²) in [4.78, 5) is 0. The minimum Gasteiger partial charge on any atom is -0.491 e. The highest BCUT2D eigenvalue weighted by molar-refractivity contribution is 7.89. The molecule has 1 aromatic rings. The monoisotopic (exact) mass is 297 g/mol. The molecule has 102 valence electrons. The second-order valence-electron chi connectivity index (χ2n) is 3.40. The minimum atomic E-state index is -3.50. The molecular formula is C10H13ClFNO4S. The van der Waals surface area contributed by atoms with Crippen LogP contribution in [0.2, 0.25) is 5.02 Å². The van der Waals surface area contributed by atoms with E-state index in [1.807, 2.05) is 0 Å². The number of nitrogens with two attached hydrogens (primary N) is 1. The summed E-state index contributed by atoms with van der Waals surface area (Å²) in [6.07, 6.45) is 0. The van der Waals surface area contributed by atoms with Crippen LogP contribution in [-0.2, 0) is 14.8 Å². The van der Waals surface area contributed by atoms with Crippen LogP contribution in [0.5, 0.6) is 5.75 Å². The van der Waals surface area contributed by atoms with Crippen molar-refractivity contribution in [1.29, 1.82) is 0 Å². The lowest BCUT2D eigenvalue weighted by Gasteiger charge is -2.07. The molecule has 0 aliphatic heterocycles. The van der Waals surface area contributed by atoms with Gasteiger partial charge in [-0.2, -0.15) is 0 Å². The van der Waals surface area contributed by atoms with Gasteiger partial charge in [-0.3, -0.25) is 0 Å². The Kier molecular flexibility index (Phi) is 5.80. The van der Waals surface area contributed by atoms with E-state index < -0.39 is 15.8 Å². The molecule has 0 aliphatic rings. The van der Waals surface area contributed by atoms with Gasteiger partial charge in [-0.1, -0.05) is 11.6 Å². The van der Waals surface area contributed by atoms with E-state index in [0.29, 0.717) is 5.75 Å². The SMILES string of the molecule is NS(=O)(=O)CCOCCOc1ccc(F)c(Cl)c1. The highest BCUT2D eigenvalue weighted by Crippen LogP contribution is 2.20. The first-order valence-corrected chi connectivity index (χ1v) is 7.14. The van der Waals surface area contributed by atoms with Gasteiger partial charge < -0.3 is 9.47 Å². The van der Waals surface area contributed by atoms with E-state index >= 15 is 0 Å². The molecule has 0 unspecified atom stereocenters. The molecule has 5 nitrogen and oxygen atoms in total. The molecule has 1 rings (SSSR count). The van der Waals surface area contributed by atoms with Gasteiger partial charge in [-0.15, -0.1) is 0 Å². The van der Waals surface area contributed by atoms with E-state index in [4.69, 9.17) is 26.2 Å². The van der Waals surface area contributed by atoms with E-state index in [9.17, 15) is 12.8 Å². The molecule has 0 saturated heterocycles. The maximum Gasteiger partial charge on any atom is 0.211 e. The lowest BCUT2D eigenvalue weighted by Crippen LogP contribution is -2.21. The average molecular weight is 298 g/mol. The second-order valence-corrected chi connectivity index (χ2v) is 5.54. The van der Waals surface area contributed by atoms with Crippen LogP contribution in [0.1, 0.15) is 0 Å². The van der Waals surface area contributed by atoms with E-state index in [1.165, 1.54) is 18.2 Å². The number of ether oxygens (including phenoxy) is 2. The van der Waals surface area contributed by atoms with Gasteiger partial charge in [0.05, 0.1) is 24.0 Å². The number of benzene rings is 1. The Morgan fingerprint density at radius 1 is 1.28 bits per heavy atom. The predicted octanol–water partition coefficient (Wildman–Crippen LogP) is 1.16. The third-order valence-electron chi connectivity index (χ3n) is 1.90. The molecule has 0 spiro atoms. The Balaban J connectivity index is 2.20. The summed E-state index contributed by atoms with van der Waals surface area (Å²) in [5, 5.41) is 4.76. The highest BCUT2D eigenvalue weighted by Gasteiger charge is 2.03. The quantitative estimate of drug-likeness (QED) is 0.766. The summed E-state index contributed by atoms with van der Waals surface area (Å²) in [6.45, 7) is 0.406. The zero-order valence-electron chi connectivity index (χ0n) is 9.43. The first-order valence-electron chi connectivity index (χ1n) is 5.04. The first-order chi connectivity index (χ1) is 8.38. The van der Waals surface area contributed by atoms with E-state index in [-0.39, 0.29) is 30.6 Å². The topological polar surface area (TPSA) is 78.6 Å². The Morgan fingerprint density at radius 2 is 2.00 bits per heavy atom. The van der Waals surface area contributed by atoms with Crippen LogP contribution < -0.4 is 9.88 Å². The summed E-state index contributed by atoms with van der Waals surface area (Å²) in [5.74, 6) is -0.347. The lowest BCUT2D eigenvalue weighted by molar-refractivity contribution is 0.111. The van der Waals surface area contributed by atoms with Gasteiger partial charge in [0.1, 0.15) is 18.2 Å². The zero-order valence-corrected chi connectivity index (χ0v) is 11.0. The summed E-state index contributed by atoms with van der Waals surface area (Å²) >= 11 is 5.56. The number of hydrogen-bond acceptors (Lipinski definition) is 4. The van der Waals surface area contributed by atoms with Crippen molar-refractivity contribution in [3.8, 4) is 5.75 Å². The summed E-state index contributed by atoms with van der Waals surface area (Å²) in [6, 6.07) is 3.98. The largest absolute Gasteiger partial charge is 0.491 e. The highest BCUT2D eigenvalue weighted by atomic mass is 35.5. The molecule has 8 heteroatoms. The van der Waals surface area contributed by atoms with Gasteiger partial charge in [-0.25, -0.2) is 17.9 Å². The number of hydrogen-bond donors (Lipinski definition) is 1. The molecule has 0 aliphatic carbocycles. The first kappa shape index (κ1) is 15.2. The van der Waals surface area contributed by atoms with E-state index in [2.05, 4.69) is 0 Å². The molecule has 0 radical (unpaired) electrons. The number of halogens is 2. The maximum absolute atomic E-state index is 12.8. The van der Waals surface area contributed by atoms with Gasteiger partial charge >= 0.3 is 0 Å². The molecule has 18 heavy (non-hydrogen) atoms. The van der Waals surface area contributed by atoms with Crippen molar-refractivity contribution in [2.24, 2.45) is 5.14 Å². The zero-order chi connectivity index (χ0) is 13.6. The Labute approximate surface area is 110 Å². The summed E-state index contributed by atoms with van der Waals surface area (Å²) in [7, 11) is -3.50. The number of primary sulfonamides is 1. The Bertz CT molecular complexity index is 495. The third kappa shape index (κ3) is 6.15. The summed E-state index contributed by atoms with van der Waals surface area (Å²) < 4.78 is 44.2. The van der Waals surface area contributed by atoms with E-state index in [1.54, 1.807) is 0 Å². The van der Waals surface area contributed by atoms with Crippen LogP contribution in [0, 0.1) is 5.82 Å². The van der Waals surface area contributed by atoms with Crippen molar-refractivity contribution in [3.63, 3.8) is 0 Å². The van der Waals surface area contributed by atoms with Crippen molar-refractivity contribution in [2.75, 3.05) is 25.6 Å². The predicted molar refractivity (Wildman–Crippen MR) is 65.7 cm³/mol. The molecule has 2 N–H and O–H groups in total. The normalized spacial score (nSPS) is 11.5. The van der Waals surface area contributed by atoms with Crippen molar-refractivity contribution < 1.29 is 22.3 Å². The molecule has 1 aromatic carbocycles. The van der Waals surface area contributed by atoms with E-state index in [0.717, 1.165) is 0 Å². The van der Waals surface area contributed by atoms with Gasteiger partial charge in [0.25, 0.3) is 0 Å². The fourth-order valence-electron chi connectivity index (χ4n) is 1.06. The average Bonchev–Trinajstić information content (AvgIpc) is 2.26. The lowest BCUT2D eigenvalue weighted by atomic mass is 10.3. The number of rotatable bonds is 7. The standard InChI is InChI=1S/C10H13ClFNO4S/c11-9-7-8(1-2-10(9)12)17-4-3-16-5-6-18(13,14)15/h1-2,7H,3-6H2,(H2,13,14,15). The van der Waals surface area contributed by atoms with Crippen molar-refractivity contribution in [1.82, 2.24) is 0 Å². The van der Waals surface area contributed by atoms with Gasteiger partial charge in [0, 0.05) is 6.07 Å². The molecule has 0 heterocycles. The second kappa shape index (κ2) is 6.89. The molecule has 0 aromatic heterocycles. The third-order valence-corrected chi connectivity index (χ3v) is 2.93. The molecule has 0 bridgehead atoms. The van der Waals surface area contributed by atoms with Crippen LogP contribution in [0.15, 0.2) is 18.2 Å². The molecule has 0 fully saturated rings. The smallest absolute Gasteiger partial charge is 0.211 e. The maximum atomic E-state index is 12.8. The van der Waals surface area contributed by atoms with Crippen molar-refractivity contribution >= 4 is 21.6 Å². The van der Waals surface area contributed by atoms with Gasteiger partial charge in [0.2, 0.25) is 10.0 Å². The fraction of sp³-hybridized carbons (Fsp3) is 0.400. The van der Waals surface area contributed by atoms with Crippen molar-refractivity contribution in [3.05, 3.63) is 29.0 Å². The van der Waals surface area contributed by atoms with Gasteiger partial charge in [0.15, 0.2) is 0 Å². The Hall–Kier alpha value is -0.890. The number of sulfonamides is 1. The minimum absolute atomic E-state index is 0.00632. The fourth-order valence-corrected chi connectivity index (χ4v) is 1.58. The van der Waals surface area contributed by atoms with Crippen LogP contribution >= 0.6 is 11.6 Å². The van der Waals surface area contributed by atoms with Crippen LogP contribution in [0.4, 0.5) is 4.39 Å². The van der Waals surface area contributed by atoms with Crippen LogP contribution in [0.3, 0.4) is 0 Å². The molecular weight excluding hydrogens is 285 g/mol.